The lowest BCUT2D eigenvalue weighted by molar-refractivity contribution is 0.0601. The van der Waals surface area contributed by atoms with E-state index < -0.39 is 5.97 Å². The van der Waals surface area contributed by atoms with E-state index in [0.717, 1.165) is 5.56 Å². The van der Waals surface area contributed by atoms with Gasteiger partial charge < -0.3 is 15.0 Å². The highest BCUT2D eigenvalue weighted by molar-refractivity contribution is 5.96. The first-order valence-corrected chi connectivity index (χ1v) is 9.22. The maximum absolute atomic E-state index is 12.8. The summed E-state index contributed by atoms with van der Waals surface area (Å²) in [5.41, 5.74) is 2.24. The van der Waals surface area contributed by atoms with Gasteiger partial charge in [-0.2, -0.15) is 0 Å². The fraction of sp³-hybridized carbons (Fsp3) is 0.182. The van der Waals surface area contributed by atoms with Gasteiger partial charge in [-0.1, -0.05) is 42.5 Å². The molecule has 1 heterocycles. The Hall–Kier alpha value is -3.74. The minimum atomic E-state index is -0.452. The molecule has 0 unspecified atom stereocenters. The number of para-hydroxylation sites is 1. The molecule has 1 N–H and O–H groups in total. The number of nitrogens with one attached hydrogen (secondary N) is 1. The zero-order valence-electron chi connectivity index (χ0n) is 16.3. The third kappa shape index (κ3) is 4.95. The van der Waals surface area contributed by atoms with Gasteiger partial charge in [0.25, 0.3) is 5.91 Å². The lowest BCUT2D eigenvalue weighted by atomic mass is 10.2. The monoisotopic (exact) mass is 390 g/mol. The highest BCUT2D eigenvalue weighted by atomic mass is 16.5. The van der Waals surface area contributed by atoms with E-state index in [1.165, 1.54) is 19.5 Å². The van der Waals surface area contributed by atoms with Crippen LogP contribution in [0, 0.1) is 0 Å². The SMILES string of the molecule is CCN(Cc1ccccc1)C(=O)c1cnc(Nc2ccccc2C(=O)OC)cn1. The van der Waals surface area contributed by atoms with Crippen LogP contribution >= 0.6 is 0 Å². The molecule has 148 valence electrons. The summed E-state index contributed by atoms with van der Waals surface area (Å²) in [6.07, 6.45) is 2.90. The van der Waals surface area contributed by atoms with Gasteiger partial charge >= 0.3 is 5.97 Å². The standard InChI is InChI=1S/C22H22N4O3/c1-3-26(15-16-9-5-4-6-10-16)21(27)19-13-24-20(14-23-19)25-18-12-8-7-11-17(18)22(28)29-2/h4-14H,3,15H2,1-2H3,(H,24,25). The summed E-state index contributed by atoms with van der Waals surface area (Å²) in [6, 6.07) is 16.7. The third-order valence-electron chi connectivity index (χ3n) is 4.35. The lowest BCUT2D eigenvalue weighted by Gasteiger charge is -2.20. The molecule has 0 saturated heterocycles. The van der Waals surface area contributed by atoms with E-state index in [1.54, 1.807) is 29.2 Å². The lowest BCUT2D eigenvalue weighted by Crippen LogP contribution is -2.31. The molecule has 1 aromatic heterocycles. The van der Waals surface area contributed by atoms with Gasteiger partial charge in [-0.15, -0.1) is 0 Å². The van der Waals surface area contributed by atoms with Crippen molar-refractivity contribution in [3.05, 3.63) is 83.8 Å². The Labute approximate surface area is 169 Å². The van der Waals surface area contributed by atoms with Gasteiger partial charge in [0.2, 0.25) is 0 Å². The first-order chi connectivity index (χ1) is 14.1. The van der Waals surface area contributed by atoms with Crippen molar-refractivity contribution in [3.63, 3.8) is 0 Å². The van der Waals surface area contributed by atoms with Crippen LogP contribution in [0.4, 0.5) is 11.5 Å². The van der Waals surface area contributed by atoms with Crippen LogP contribution in [0.1, 0.15) is 33.3 Å². The molecular formula is C22H22N4O3. The molecule has 0 aliphatic heterocycles. The normalized spacial score (nSPS) is 10.3. The molecule has 1 amide bonds. The summed E-state index contributed by atoms with van der Waals surface area (Å²) < 4.78 is 4.79. The highest BCUT2D eigenvalue weighted by Crippen LogP contribution is 2.20. The van der Waals surface area contributed by atoms with Gasteiger partial charge in [0.1, 0.15) is 11.5 Å². The molecule has 0 aliphatic carbocycles. The molecule has 0 spiro atoms. The molecule has 0 fully saturated rings. The van der Waals surface area contributed by atoms with Crippen molar-refractivity contribution in [2.45, 2.75) is 13.5 Å². The van der Waals surface area contributed by atoms with Crippen molar-refractivity contribution in [3.8, 4) is 0 Å². The highest BCUT2D eigenvalue weighted by Gasteiger charge is 2.17. The second-order valence-electron chi connectivity index (χ2n) is 6.25. The van der Waals surface area contributed by atoms with Crippen molar-refractivity contribution in [1.29, 1.82) is 0 Å². The summed E-state index contributed by atoms with van der Waals surface area (Å²) in [6.45, 7) is 2.99. The fourth-order valence-electron chi connectivity index (χ4n) is 2.81. The average Bonchev–Trinajstić information content (AvgIpc) is 2.78. The molecule has 3 aromatic rings. The first-order valence-electron chi connectivity index (χ1n) is 9.22. The number of hydrogen-bond acceptors (Lipinski definition) is 6. The Morgan fingerprint density at radius 2 is 1.72 bits per heavy atom. The maximum Gasteiger partial charge on any atom is 0.339 e. The Morgan fingerprint density at radius 3 is 2.38 bits per heavy atom. The number of amides is 1. The number of anilines is 2. The van der Waals surface area contributed by atoms with Gasteiger partial charge in [0, 0.05) is 13.1 Å². The van der Waals surface area contributed by atoms with Crippen LogP contribution in [0.5, 0.6) is 0 Å². The van der Waals surface area contributed by atoms with E-state index in [0.29, 0.717) is 30.2 Å². The van der Waals surface area contributed by atoms with Gasteiger partial charge in [-0.3, -0.25) is 4.79 Å². The number of carbonyl (C=O) groups is 2. The molecule has 0 aliphatic rings. The summed E-state index contributed by atoms with van der Waals surface area (Å²) >= 11 is 0. The number of nitrogens with zero attached hydrogens (tertiary/aromatic N) is 3. The predicted octanol–water partition coefficient (Wildman–Crippen LogP) is 3.67. The minimum absolute atomic E-state index is 0.189. The number of carbonyl (C=O) groups excluding carboxylic acids is 2. The molecule has 29 heavy (non-hydrogen) atoms. The largest absolute Gasteiger partial charge is 0.465 e. The van der Waals surface area contributed by atoms with Gasteiger partial charge in [-0.25, -0.2) is 14.8 Å². The molecule has 7 nitrogen and oxygen atoms in total. The Kier molecular flexibility index (Phi) is 6.52. The quantitative estimate of drug-likeness (QED) is 0.620. The molecule has 0 bridgehead atoms. The molecular weight excluding hydrogens is 368 g/mol. The zero-order valence-corrected chi connectivity index (χ0v) is 16.3. The topological polar surface area (TPSA) is 84.4 Å². The van der Waals surface area contributed by atoms with E-state index in [-0.39, 0.29) is 11.6 Å². The van der Waals surface area contributed by atoms with E-state index >= 15 is 0 Å². The van der Waals surface area contributed by atoms with Crippen molar-refractivity contribution in [2.24, 2.45) is 0 Å². The van der Waals surface area contributed by atoms with Crippen molar-refractivity contribution < 1.29 is 14.3 Å². The fourth-order valence-corrected chi connectivity index (χ4v) is 2.81. The first kappa shape index (κ1) is 20.0. The van der Waals surface area contributed by atoms with Crippen molar-refractivity contribution in [2.75, 3.05) is 19.0 Å². The molecule has 7 heteroatoms. The van der Waals surface area contributed by atoms with Crippen LogP contribution in [-0.4, -0.2) is 40.4 Å². The second kappa shape index (κ2) is 9.45. The summed E-state index contributed by atoms with van der Waals surface area (Å²) in [4.78, 5) is 34.9. The molecule has 3 rings (SSSR count). The van der Waals surface area contributed by atoms with Crippen LogP contribution < -0.4 is 5.32 Å². The average molecular weight is 390 g/mol. The van der Waals surface area contributed by atoms with Gasteiger partial charge in [0.05, 0.1) is 30.8 Å². The van der Waals surface area contributed by atoms with Crippen LogP contribution in [0.15, 0.2) is 67.0 Å². The number of benzene rings is 2. The number of hydrogen-bond donors (Lipinski definition) is 1. The minimum Gasteiger partial charge on any atom is -0.465 e. The third-order valence-corrected chi connectivity index (χ3v) is 4.35. The van der Waals surface area contributed by atoms with Gasteiger partial charge in [0.15, 0.2) is 0 Å². The smallest absolute Gasteiger partial charge is 0.339 e. The van der Waals surface area contributed by atoms with E-state index in [4.69, 9.17) is 4.74 Å². The summed E-state index contributed by atoms with van der Waals surface area (Å²) in [7, 11) is 1.33. The van der Waals surface area contributed by atoms with Crippen molar-refractivity contribution in [1.82, 2.24) is 14.9 Å². The predicted molar refractivity (Wildman–Crippen MR) is 110 cm³/mol. The number of ether oxygens (including phenoxy) is 1. The van der Waals surface area contributed by atoms with E-state index in [2.05, 4.69) is 15.3 Å². The Bertz CT molecular complexity index is 975. The Balaban J connectivity index is 1.73. The summed E-state index contributed by atoms with van der Waals surface area (Å²) in [5.74, 6) is -0.221. The van der Waals surface area contributed by atoms with Crippen LogP contribution in [0.3, 0.4) is 0 Å². The van der Waals surface area contributed by atoms with Crippen LogP contribution in [0.25, 0.3) is 0 Å². The second-order valence-corrected chi connectivity index (χ2v) is 6.25. The van der Waals surface area contributed by atoms with Crippen LogP contribution in [-0.2, 0) is 11.3 Å². The van der Waals surface area contributed by atoms with Crippen LogP contribution in [0.2, 0.25) is 0 Å². The summed E-state index contributed by atoms with van der Waals surface area (Å²) in [5, 5.41) is 3.04. The number of methoxy groups -OCH3 is 1. The number of esters is 1. The Morgan fingerprint density at radius 1 is 1.00 bits per heavy atom. The molecule has 0 saturated carbocycles. The number of rotatable bonds is 7. The molecule has 2 aromatic carbocycles. The van der Waals surface area contributed by atoms with Crippen molar-refractivity contribution >= 4 is 23.4 Å². The maximum atomic E-state index is 12.8. The zero-order chi connectivity index (χ0) is 20.6. The van der Waals surface area contributed by atoms with Gasteiger partial charge in [-0.05, 0) is 24.6 Å². The van der Waals surface area contributed by atoms with E-state index in [1.807, 2.05) is 37.3 Å². The molecule has 0 radical (unpaired) electrons. The van der Waals surface area contributed by atoms with E-state index in [9.17, 15) is 9.59 Å². The molecule has 0 atom stereocenters. The number of aromatic nitrogens is 2.